The Morgan fingerprint density at radius 1 is 1.47 bits per heavy atom. The summed E-state index contributed by atoms with van der Waals surface area (Å²) >= 11 is 0. The highest BCUT2D eigenvalue weighted by atomic mass is 16.5. The third-order valence-electron chi connectivity index (χ3n) is 2.81. The van der Waals surface area contributed by atoms with E-state index in [0.717, 1.165) is 25.4 Å². The highest BCUT2D eigenvalue weighted by Gasteiger charge is 2.27. The molecule has 0 aliphatic carbocycles. The Balaban J connectivity index is 2.01. The van der Waals surface area contributed by atoms with E-state index < -0.39 is 0 Å². The van der Waals surface area contributed by atoms with Crippen molar-refractivity contribution in [2.24, 2.45) is 0 Å². The Kier molecular flexibility index (Phi) is 2.82. The Labute approximate surface area is 90.8 Å². The molecule has 0 spiro atoms. The van der Waals surface area contributed by atoms with E-state index in [2.05, 4.69) is 17.9 Å². The number of nitrogen functional groups attached to an aromatic ring is 1. The molecule has 0 aromatic heterocycles. The zero-order chi connectivity index (χ0) is 10.8. The van der Waals surface area contributed by atoms with E-state index in [1.807, 2.05) is 19.1 Å². The van der Waals surface area contributed by atoms with Crippen LogP contribution >= 0.6 is 0 Å². The SMILES string of the molecule is CCOC1CN(c2ccc(N)cc2C)C1. The van der Waals surface area contributed by atoms with Crippen molar-refractivity contribution < 1.29 is 4.74 Å². The number of hydrogen-bond donors (Lipinski definition) is 1. The lowest BCUT2D eigenvalue weighted by Crippen LogP contribution is -2.52. The third-order valence-corrected chi connectivity index (χ3v) is 2.81. The normalized spacial score (nSPS) is 16.5. The van der Waals surface area contributed by atoms with Gasteiger partial charge in [0.05, 0.1) is 6.10 Å². The van der Waals surface area contributed by atoms with Gasteiger partial charge in [0.1, 0.15) is 0 Å². The summed E-state index contributed by atoms with van der Waals surface area (Å²) in [7, 11) is 0. The second-order valence-corrected chi connectivity index (χ2v) is 4.03. The Morgan fingerprint density at radius 3 is 2.80 bits per heavy atom. The van der Waals surface area contributed by atoms with Gasteiger partial charge in [-0.3, -0.25) is 0 Å². The van der Waals surface area contributed by atoms with Gasteiger partial charge in [0.2, 0.25) is 0 Å². The molecule has 0 amide bonds. The number of anilines is 2. The van der Waals surface area contributed by atoms with E-state index in [4.69, 9.17) is 10.5 Å². The van der Waals surface area contributed by atoms with E-state index in [1.54, 1.807) is 0 Å². The minimum atomic E-state index is 0.409. The maximum atomic E-state index is 5.72. The monoisotopic (exact) mass is 206 g/mol. The summed E-state index contributed by atoms with van der Waals surface area (Å²) in [5.41, 5.74) is 9.07. The predicted molar refractivity (Wildman–Crippen MR) is 63.2 cm³/mol. The molecule has 1 aromatic carbocycles. The Hall–Kier alpha value is -1.22. The number of rotatable bonds is 3. The van der Waals surface area contributed by atoms with Crippen LogP contribution in [0.2, 0.25) is 0 Å². The summed E-state index contributed by atoms with van der Waals surface area (Å²) < 4.78 is 5.53. The molecular formula is C12H18N2O. The fraction of sp³-hybridized carbons (Fsp3) is 0.500. The summed E-state index contributed by atoms with van der Waals surface area (Å²) in [6, 6.07) is 6.06. The van der Waals surface area contributed by atoms with Gasteiger partial charge in [0.25, 0.3) is 0 Å². The van der Waals surface area contributed by atoms with Crippen LogP contribution in [0.15, 0.2) is 18.2 Å². The first-order chi connectivity index (χ1) is 7.20. The van der Waals surface area contributed by atoms with E-state index in [1.165, 1.54) is 11.3 Å². The second-order valence-electron chi connectivity index (χ2n) is 4.03. The average Bonchev–Trinajstić information content (AvgIpc) is 2.12. The van der Waals surface area contributed by atoms with Gasteiger partial charge >= 0.3 is 0 Å². The molecule has 15 heavy (non-hydrogen) atoms. The summed E-state index contributed by atoms with van der Waals surface area (Å²) in [6.07, 6.45) is 0.409. The van der Waals surface area contributed by atoms with Crippen LogP contribution in [0.5, 0.6) is 0 Å². The topological polar surface area (TPSA) is 38.5 Å². The van der Waals surface area contributed by atoms with Crippen molar-refractivity contribution in [2.45, 2.75) is 20.0 Å². The van der Waals surface area contributed by atoms with Crippen molar-refractivity contribution in [3.63, 3.8) is 0 Å². The van der Waals surface area contributed by atoms with Gasteiger partial charge in [-0.2, -0.15) is 0 Å². The molecule has 0 saturated carbocycles. The van der Waals surface area contributed by atoms with Crippen LogP contribution in [0.1, 0.15) is 12.5 Å². The highest BCUT2D eigenvalue weighted by Crippen LogP contribution is 2.27. The van der Waals surface area contributed by atoms with Gasteiger partial charge in [-0.15, -0.1) is 0 Å². The number of aryl methyl sites for hydroxylation is 1. The Morgan fingerprint density at radius 2 is 2.20 bits per heavy atom. The van der Waals surface area contributed by atoms with Crippen LogP contribution in [0.4, 0.5) is 11.4 Å². The predicted octanol–water partition coefficient (Wildman–Crippen LogP) is 1.80. The number of nitrogens with zero attached hydrogens (tertiary/aromatic N) is 1. The molecule has 0 radical (unpaired) electrons. The number of hydrogen-bond acceptors (Lipinski definition) is 3. The zero-order valence-corrected chi connectivity index (χ0v) is 9.36. The molecule has 3 heteroatoms. The van der Waals surface area contributed by atoms with Crippen LogP contribution in [-0.2, 0) is 4.74 Å². The zero-order valence-electron chi connectivity index (χ0n) is 9.36. The van der Waals surface area contributed by atoms with E-state index >= 15 is 0 Å². The van der Waals surface area contributed by atoms with Crippen LogP contribution in [0, 0.1) is 6.92 Å². The van der Waals surface area contributed by atoms with Gasteiger partial charge < -0.3 is 15.4 Å². The molecule has 0 unspecified atom stereocenters. The van der Waals surface area contributed by atoms with Gasteiger partial charge in [0.15, 0.2) is 0 Å². The molecule has 1 aliphatic heterocycles. The molecule has 1 aliphatic rings. The largest absolute Gasteiger partial charge is 0.399 e. The molecule has 0 bridgehead atoms. The lowest BCUT2D eigenvalue weighted by Gasteiger charge is -2.41. The number of ether oxygens (including phenoxy) is 1. The second kappa shape index (κ2) is 4.11. The molecular weight excluding hydrogens is 188 g/mol. The van der Waals surface area contributed by atoms with Gasteiger partial charge in [0, 0.05) is 31.1 Å². The smallest absolute Gasteiger partial charge is 0.0924 e. The number of nitrogens with two attached hydrogens (primary N) is 1. The first-order valence-corrected chi connectivity index (χ1v) is 5.43. The summed E-state index contributed by atoms with van der Waals surface area (Å²) in [4.78, 5) is 2.33. The van der Waals surface area contributed by atoms with Crippen LogP contribution in [-0.4, -0.2) is 25.8 Å². The van der Waals surface area contributed by atoms with E-state index in [-0.39, 0.29) is 0 Å². The molecule has 2 rings (SSSR count). The van der Waals surface area contributed by atoms with Crippen LogP contribution in [0.3, 0.4) is 0 Å². The molecule has 0 atom stereocenters. The molecule has 1 aromatic rings. The first-order valence-electron chi connectivity index (χ1n) is 5.43. The lowest BCUT2D eigenvalue weighted by atomic mass is 10.1. The fourth-order valence-electron chi connectivity index (χ4n) is 2.01. The number of benzene rings is 1. The summed E-state index contributed by atoms with van der Waals surface area (Å²) in [6.45, 7) is 6.94. The van der Waals surface area contributed by atoms with E-state index in [0.29, 0.717) is 6.10 Å². The van der Waals surface area contributed by atoms with Crippen LogP contribution < -0.4 is 10.6 Å². The third kappa shape index (κ3) is 2.07. The van der Waals surface area contributed by atoms with Crippen molar-refractivity contribution >= 4 is 11.4 Å². The van der Waals surface area contributed by atoms with Crippen molar-refractivity contribution in [2.75, 3.05) is 30.3 Å². The van der Waals surface area contributed by atoms with Crippen molar-refractivity contribution in [1.29, 1.82) is 0 Å². The van der Waals surface area contributed by atoms with E-state index in [9.17, 15) is 0 Å². The summed E-state index contributed by atoms with van der Waals surface area (Å²) in [5.74, 6) is 0. The first kappa shape index (κ1) is 10.3. The highest BCUT2D eigenvalue weighted by molar-refractivity contribution is 5.60. The average molecular weight is 206 g/mol. The van der Waals surface area contributed by atoms with Gasteiger partial charge in [-0.05, 0) is 37.6 Å². The van der Waals surface area contributed by atoms with Crippen LogP contribution in [0.25, 0.3) is 0 Å². The Bertz CT molecular complexity index is 345. The van der Waals surface area contributed by atoms with Crippen molar-refractivity contribution in [1.82, 2.24) is 0 Å². The van der Waals surface area contributed by atoms with Crippen molar-refractivity contribution in [3.8, 4) is 0 Å². The van der Waals surface area contributed by atoms with Gasteiger partial charge in [-0.25, -0.2) is 0 Å². The van der Waals surface area contributed by atoms with Gasteiger partial charge in [-0.1, -0.05) is 0 Å². The molecule has 1 saturated heterocycles. The maximum Gasteiger partial charge on any atom is 0.0924 e. The molecule has 1 fully saturated rings. The molecule has 82 valence electrons. The quantitative estimate of drug-likeness (QED) is 0.766. The standard InChI is InChI=1S/C12H18N2O/c1-3-15-11-7-14(8-11)12-5-4-10(13)6-9(12)2/h4-6,11H,3,7-8,13H2,1-2H3. The minimum absolute atomic E-state index is 0.409. The molecule has 1 heterocycles. The maximum absolute atomic E-state index is 5.72. The van der Waals surface area contributed by atoms with Crippen molar-refractivity contribution in [3.05, 3.63) is 23.8 Å². The fourth-order valence-corrected chi connectivity index (χ4v) is 2.01. The minimum Gasteiger partial charge on any atom is -0.399 e. The summed E-state index contributed by atoms with van der Waals surface area (Å²) in [5, 5.41) is 0. The molecule has 3 nitrogen and oxygen atoms in total. The molecule has 2 N–H and O–H groups in total. The lowest BCUT2D eigenvalue weighted by molar-refractivity contribution is 0.0430.